The van der Waals surface area contributed by atoms with Gasteiger partial charge in [0.05, 0.1) is 6.04 Å². The lowest BCUT2D eigenvalue weighted by Crippen LogP contribution is -2.58. The lowest BCUT2D eigenvalue weighted by atomic mass is 9.89. The second-order valence-electron chi connectivity index (χ2n) is 13.4. The zero-order valence-corrected chi connectivity index (χ0v) is 27.8. The Balaban J connectivity index is 1.39. The number of fused-ring (bicyclic) bond motifs is 1. The van der Waals surface area contributed by atoms with Gasteiger partial charge in [0.2, 0.25) is 17.7 Å². The van der Waals surface area contributed by atoms with E-state index < -0.39 is 71.7 Å². The van der Waals surface area contributed by atoms with Gasteiger partial charge < -0.3 is 26.0 Å². The first-order valence-electron chi connectivity index (χ1n) is 16.7. The highest BCUT2D eigenvalue weighted by atomic mass is 19.4. The monoisotopic (exact) mass is 694 g/mol. The van der Waals surface area contributed by atoms with Crippen LogP contribution in [0.1, 0.15) is 63.0 Å². The minimum Gasteiger partial charge on any atom is -0.445 e. The number of carbonyl (C=O) groups excluding carboxylic acids is 5. The predicted molar refractivity (Wildman–Crippen MR) is 179 cm³/mol. The van der Waals surface area contributed by atoms with Crippen LogP contribution in [0.4, 0.5) is 18.0 Å². The van der Waals surface area contributed by atoms with Gasteiger partial charge in [-0.25, -0.2) is 4.79 Å². The van der Waals surface area contributed by atoms with Crippen molar-refractivity contribution in [3.8, 4) is 0 Å². The van der Waals surface area contributed by atoms with Gasteiger partial charge in [0.15, 0.2) is 0 Å². The van der Waals surface area contributed by atoms with Crippen molar-refractivity contribution in [2.24, 2.45) is 11.8 Å². The number of ketones is 1. The van der Waals surface area contributed by atoms with Crippen LogP contribution in [-0.4, -0.2) is 59.9 Å². The zero-order chi connectivity index (χ0) is 36.1. The van der Waals surface area contributed by atoms with Crippen LogP contribution in [-0.2, 0) is 30.5 Å². The number of amides is 4. The van der Waals surface area contributed by atoms with Gasteiger partial charge in [-0.3, -0.25) is 19.2 Å². The molecule has 0 aromatic heterocycles. The van der Waals surface area contributed by atoms with Crippen LogP contribution in [0.15, 0.2) is 72.8 Å². The van der Waals surface area contributed by atoms with Gasteiger partial charge in [0, 0.05) is 18.4 Å². The number of halogens is 3. The standard InChI is InChI=1S/C37H41F3N4O6/c1-22(2)18-30(33(47)42-29(31(45)37(38,39)40)19-25-14-9-17-41-32(25)46)43-34(48)36(44-35(49)50-21-23-10-4-3-5-11-23)20-28(36)27-16-8-13-24-12-6-7-15-26(24)27/h3-8,10-13,15-16,22,25,28-30H,9,14,17-21H2,1-2H3,(H,41,46)(H,42,47)(H,43,48)(H,44,49)/t25-,28?,29-,30-,36?/m0/s1. The van der Waals surface area contributed by atoms with E-state index in [1.165, 1.54) is 0 Å². The minimum atomic E-state index is -5.27. The molecule has 1 saturated heterocycles. The number of ether oxygens (including phenoxy) is 1. The fourth-order valence-electron chi connectivity index (χ4n) is 6.62. The third-order valence-corrected chi connectivity index (χ3v) is 9.26. The Kier molecular flexibility index (Phi) is 11.1. The summed E-state index contributed by atoms with van der Waals surface area (Å²) in [6.07, 6.45) is -5.72. The summed E-state index contributed by atoms with van der Waals surface area (Å²) in [5.41, 5.74) is -0.0348. The molecule has 0 radical (unpaired) electrons. The van der Waals surface area contributed by atoms with E-state index in [0.717, 1.165) is 21.9 Å². The lowest BCUT2D eigenvalue weighted by Gasteiger charge is -2.29. The van der Waals surface area contributed by atoms with Crippen LogP contribution in [0, 0.1) is 11.8 Å². The molecule has 1 aliphatic heterocycles. The largest absolute Gasteiger partial charge is 0.452 e. The SMILES string of the molecule is CC(C)C[C@H](NC(=O)C1(NC(=O)OCc2ccccc2)CC1c1cccc2ccccc12)C(=O)N[C@@H](C[C@@H]1CCCNC1=O)C(=O)C(F)(F)F. The number of carbonyl (C=O) groups is 5. The number of benzene rings is 3. The normalized spacial score (nSPS) is 21.4. The van der Waals surface area contributed by atoms with Crippen LogP contribution in [0.2, 0.25) is 0 Å². The number of Topliss-reactive ketones (excluding diaryl/α,β-unsaturated/α-hetero) is 1. The summed E-state index contributed by atoms with van der Waals surface area (Å²) < 4.78 is 46.5. The number of piperidine rings is 1. The smallest absolute Gasteiger partial charge is 0.445 e. The van der Waals surface area contributed by atoms with E-state index >= 15 is 0 Å². The Labute approximate surface area is 287 Å². The number of alkyl carbamates (subject to hydrolysis) is 1. The fraction of sp³-hybridized carbons (Fsp3) is 0.432. The molecule has 4 amide bonds. The second kappa shape index (κ2) is 15.3. The molecule has 0 spiro atoms. The lowest BCUT2D eigenvalue weighted by molar-refractivity contribution is -0.174. The minimum absolute atomic E-state index is 0.0158. The molecule has 1 saturated carbocycles. The quantitative estimate of drug-likeness (QED) is 0.197. The van der Waals surface area contributed by atoms with Crippen LogP contribution >= 0.6 is 0 Å². The van der Waals surface area contributed by atoms with E-state index in [1.54, 1.807) is 38.1 Å². The van der Waals surface area contributed by atoms with Crippen molar-refractivity contribution in [1.29, 1.82) is 0 Å². The molecule has 3 aromatic carbocycles. The number of hydrogen-bond donors (Lipinski definition) is 4. The summed E-state index contributed by atoms with van der Waals surface area (Å²) in [5, 5.41) is 12.0. The molecule has 10 nitrogen and oxygen atoms in total. The highest BCUT2D eigenvalue weighted by Gasteiger charge is 2.63. The topological polar surface area (TPSA) is 143 Å². The first kappa shape index (κ1) is 36.3. The second-order valence-corrected chi connectivity index (χ2v) is 13.4. The molecule has 4 N–H and O–H groups in total. The van der Waals surface area contributed by atoms with Crippen molar-refractivity contribution in [3.63, 3.8) is 0 Å². The number of alkyl halides is 3. The van der Waals surface area contributed by atoms with Crippen molar-refractivity contribution in [2.75, 3.05) is 6.54 Å². The molecule has 5 rings (SSSR count). The Morgan fingerprint density at radius 2 is 1.64 bits per heavy atom. The highest BCUT2D eigenvalue weighted by Crippen LogP contribution is 2.53. The maximum absolute atomic E-state index is 14.2. The van der Waals surface area contributed by atoms with E-state index in [9.17, 15) is 37.1 Å². The fourth-order valence-corrected chi connectivity index (χ4v) is 6.62. The van der Waals surface area contributed by atoms with E-state index in [0.29, 0.717) is 13.0 Å². The Hall–Kier alpha value is -4.94. The summed E-state index contributed by atoms with van der Waals surface area (Å²) >= 11 is 0. The summed E-state index contributed by atoms with van der Waals surface area (Å²) in [6, 6.07) is 18.7. The third-order valence-electron chi connectivity index (χ3n) is 9.26. The van der Waals surface area contributed by atoms with E-state index in [1.807, 2.05) is 48.5 Å². The molecular formula is C37H41F3N4O6. The van der Waals surface area contributed by atoms with Crippen molar-refractivity contribution in [2.45, 2.75) is 82.3 Å². The first-order valence-corrected chi connectivity index (χ1v) is 16.7. The van der Waals surface area contributed by atoms with Crippen molar-refractivity contribution >= 4 is 40.4 Å². The van der Waals surface area contributed by atoms with Gasteiger partial charge in [-0.1, -0.05) is 86.6 Å². The van der Waals surface area contributed by atoms with Gasteiger partial charge in [0.25, 0.3) is 5.78 Å². The molecule has 1 aliphatic carbocycles. The number of nitrogens with one attached hydrogen (secondary N) is 4. The van der Waals surface area contributed by atoms with Crippen molar-refractivity contribution in [1.82, 2.24) is 21.3 Å². The summed E-state index contributed by atoms with van der Waals surface area (Å²) in [6.45, 7) is 3.84. The van der Waals surface area contributed by atoms with Crippen molar-refractivity contribution in [3.05, 3.63) is 83.9 Å². The summed E-state index contributed by atoms with van der Waals surface area (Å²) in [4.78, 5) is 65.9. The number of rotatable bonds is 13. The molecule has 5 atom stereocenters. The Morgan fingerprint density at radius 3 is 2.34 bits per heavy atom. The maximum atomic E-state index is 14.2. The molecule has 13 heteroatoms. The van der Waals surface area contributed by atoms with E-state index in [4.69, 9.17) is 4.74 Å². The van der Waals surface area contributed by atoms with Gasteiger partial charge in [0.1, 0.15) is 18.2 Å². The predicted octanol–water partition coefficient (Wildman–Crippen LogP) is 5.06. The average Bonchev–Trinajstić information content (AvgIpc) is 3.81. The number of hydrogen-bond acceptors (Lipinski definition) is 6. The van der Waals surface area contributed by atoms with E-state index in [2.05, 4.69) is 21.3 Å². The molecule has 1 heterocycles. The summed E-state index contributed by atoms with van der Waals surface area (Å²) in [7, 11) is 0. The highest BCUT2D eigenvalue weighted by molar-refractivity contribution is 6.00. The molecule has 266 valence electrons. The molecular weight excluding hydrogens is 653 g/mol. The van der Waals surface area contributed by atoms with Gasteiger partial charge >= 0.3 is 12.3 Å². The average molecular weight is 695 g/mol. The molecule has 2 fully saturated rings. The zero-order valence-electron chi connectivity index (χ0n) is 27.8. The van der Waals surface area contributed by atoms with Crippen molar-refractivity contribution < 1.29 is 41.9 Å². The van der Waals surface area contributed by atoms with Crippen LogP contribution in [0.5, 0.6) is 0 Å². The molecule has 2 unspecified atom stereocenters. The van der Waals surface area contributed by atoms with Crippen LogP contribution in [0.25, 0.3) is 10.8 Å². The summed E-state index contributed by atoms with van der Waals surface area (Å²) in [5.74, 6) is -6.03. The van der Waals surface area contributed by atoms with Gasteiger partial charge in [-0.15, -0.1) is 0 Å². The Morgan fingerprint density at radius 1 is 0.940 bits per heavy atom. The third kappa shape index (κ3) is 8.61. The molecule has 3 aromatic rings. The maximum Gasteiger partial charge on any atom is 0.452 e. The molecule has 50 heavy (non-hydrogen) atoms. The first-order chi connectivity index (χ1) is 23.8. The van der Waals surface area contributed by atoms with Crippen LogP contribution in [0.3, 0.4) is 0 Å². The Bertz CT molecular complexity index is 1730. The van der Waals surface area contributed by atoms with Crippen LogP contribution < -0.4 is 21.3 Å². The molecule has 2 aliphatic rings. The van der Waals surface area contributed by atoms with E-state index in [-0.39, 0.29) is 31.8 Å². The van der Waals surface area contributed by atoms with Gasteiger partial charge in [-0.2, -0.15) is 13.2 Å². The molecule has 0 bridgehead atoms. The van der Waals surface area contributed by atoms with Gasteiger partial charge in [-0.05, 0) is 59.9 Å².